The Bertz CT molecular complexity index is 467. The van der Waals surface area contributed by atoms with Gasteiger partial charge in [0.25, 0.3) is 0 Å². The lowest BCUT2D eigenvalue weighted by molar-refractivity contribution is 0.108. The molecule has 0 saturated heterocycles. The van der Waals surface area contributed by atoms with Crippen LogP contribution in [0, 0.1) is 5.92 Å². The Hall–Kier alpha value is -1.09. The molecule has 0 unspecified atom stereocenters. The summed E-state index contributed by atoms with van der Waals surface area (Å²) >= 11 is 0. The third-order valence-corrected chi connectivity index (χ3v) is 3.14. The number of hydrogen-bond acceptors (Lipinski definition) is 4. The van der Waals surface area contributed by atoms with Crippen LogP contribution in [-0.2, 0) is 11.3 Å². The van der Waals surface area contributed by atoms with Crippen molar-refractivity contribution >= 4 is 29.9 Å². The maximum Gasteiger partial charge on any atom is 0.213 e. The van der Waals surface area contributed by atoms with E-state index in [-0.39, 0.29) is 24.0 Å². The van der Waals surface area contributed by atoms with E-state index in [1.807, 2.05) is 18.3 Å². The molecular formula is C18H33IN4O2. The first kappa shape index (κ1) is 23.9. The van der Waals surface area contributed by atoms with Crippen LogP contribution < -0.4 is 15.4 Å². The molecule has 0 bridgehead atoms. The molecule has 0 atom stereocenters. The first-order valence-electron chi connectivity index (χ1n) is 8.75. The first-order valence-corrected chi connectivity index (χ1v) is 8.75. The summed E-state index contributed by atoms with van der Waals surface area (Å²) < 4.78 is 11.0. The monoisotopic (exact) mass is 464 g/mol. The predicted molar refractivity (Wildman–Crippen MR) is 114 cm³/mol. The average molecular weight is 464 g/mol. The highest BCUT2D eigenvalue weighted by Gasteiger charge is 2.00. The minimum absolute atomic E-state index is 0. The van der Waals surface area contributed by atoms with Crippen LogP contribution in [0.25, 0.3) is 0 Å². The van der Waals surface area contributed by atoms with Crippen LogP contribution in [0.15, 0.2) is 23.3 Å². The molecule has 2 N–H and O–H groups in total. The van der Waals surface area contributed by atoms with Gasteiger partial charge in [0.2, 0.25) is 5.88 Å². The van der Waals surface area contributed by atoms with Crippen molar-refractivity contribution in [3.05, 3.63) is 23.9 Å². The van der Waals surface area contributed by atoms with Crippen molar-refractivity contribution in [1.82, 2.24) is 15.6 Å². The van der Waals surface area contributed by atoms with Crippen molar-refractivity contribution < 1.29 is 9.47 Å². The fraction of sp³-hybridized carbons (Fsp3) is 0.667. The Balaban J connectivity index is 0.00000576. The van der Waals surface area contributed by atoms with Gasteiger partial charge < -0.3 is 20.1 Å². The second-order valence-corrected chi connectivity index (χ2v) is 6.03. The van der Waals surface area contributed by atoms with Crippen molar-refractivity contribution in [1.29, 1.82) is 0 Å². The zero-order valence-corrected chi connectivity index (χ0v) is 18.2. The van der Waals surface area contributed by atoms with Crippen LogP contribution in [0.4, 0.5) is 0 Å². The quantitative estimate of drug-likeness (QED) is 0.228. The Morgan fingerprint density at radius 1 is 1.24 bits per heavy atom. The lowest BCUT2D eigenvalue weighted by Gasteiger charge is -2.12. The fourth-order valence-electron chi connectivity index (χ4n) is 1.91. The Morgan fingerprint density at radius 2 is 2.04 bits per heavy atom. The Kier molecular flexibility index (Phi) is 14.5. The molecule has 0 saturated carbocycles. The number of pyridine rings is 1. The highest BCUT2D eigenvalue weighted by Crippen LogP contribution is 2.07. The molecule has 1 heterocycles. The van der Waals surface area contributed by atoms with Gasteiger partial charge in [-0.25, -0.2) is 4.98 Å². The van der Waals surface area contributed by atoms with Crippen LogP contribution >= 0.6 is 24.0 Å². The third-order valence-electron chi connectivity index (χ3n) is 3.14. The smallest absolute Gasteiger partial charge is 0.213 e. The summed E-state index contributed by atoms with van der Waals surface area (Å²) in [7, 11) is 1.77. The van der Waals surface area contributed by atoms with Crippen LogP contribution in [0.1, 0.15) is 39.2 Å². The van der Waals surface area contributed by atoms with Gasteiger partial charge in [0.05, 0.1) is 6.61 Å². The number of aliphatic imine (C=N–C) groups is 1. The second kappa shape index (κ2) is 15.2. The number of nitrogens with one attached hydrogen (secondary N) is 2. The molecule has 0 amide bonds. The van der Waals surface area contributed by atoms with Gasteiger partial charge in [0.1, 0.15) is 0 Å². The number of aromatic nitrogens is 1. The van der Waals surface area contributed by atoms with E-state index in [1.54, 1.807) is 7.05 Å². The fourth-order valence-corrected chi connectivity index (χ4v) is 1.91. The summed E-state index contributed by atoms with van der Waals surface area (Å²) in [4.78, 5) is 8.51. The van der Waals surface area contributed by atoms with Gasteiger partial charge in [-0.1, -0.05) is 26.8 Å². The van der Waals surface area contributed by atoms with E-state index in [2.05, 4.69) is 41.4 Å². The van der Waals surface area contributed by atoms with Crippen molar-refractivity contribution in [3.8, 4) is 5.88 Å². The largest absolute Gasteiger partial charge is 0.478 e. The maximum atomic E-state index is 5.56. The Morgan fingerprint density at radius 3 is 2.64 bits per heavy atom. The number of halogens is 1. The molecule has 144 valence electrons. The molecule has 0 aliphatic rings. The van der Waals surface area contributed by atoms with Gasteiger partial charge in [0, 0.05) is 45.6 Å². The third kappa shape index (κ3) is 12.0. The number of ether oxygens (including phenoxy) is 2. The Labute approximate surface area is 169 Å². The minimum Gasteiger partial charge on any atom is -0.478 e. The van der Waals surface area contributed by atoms with E-state index in [0.29, 0.717) is 24.9 Å². The first-order chi connectivity index (χ1) is 11.7. The highest BCUT2D eigenvalue weighted by atomic mass is 127. The predicted octanol–water partition coefficient (Wildman–Crippen LogP) is 3.22. The van der Waals surface area contributed by atoms with Crippen LogP contribution in [0.5, 0.6) is 5.88 Å². The molecule has 6 nitrogen and oxygen atoms in total. The molecule has 1 rings (SSSR count). The molecule has 0 spiro atoms. The van der Waals surface area contributed by atoms with E-state index in [4.69, 9.17) is 9.47 Å². The molecule has 1 aromatic heterocycles. The van der Waals surface area contributed by atoms with Gasteiger partial charge in [-0.2, -0.15) is 0 Å². The standard InChI is InChI=1S/C18H32N4O2.HI/c1-5-10-24-17-8-7-16(12-21-17)13-22-18(19-4)20-9-6-11-23-14-15(2)3;/h7-8,12,15H,5-6,9-11,13-14H2,1-4H3,(H2,19,20,22);1H. The van der Waals surface area contributed by atoms with Crippen molar-refractivity contribution in [2.75, 3.05) is 33.4 Å². The van der Waals surface area contributed by atoms with E-state index in [0.717, 1.165) is 44.1 Å². The van der Waals surface area contributed by atoms with Crippen LogP contribution in [0.2, 0.25) is 0 Å². The summed E-state index contributed by atoms with van der Waals surface area (Å²) in [5.41, 5.74) is 1.09. The van der Waals surface area contributed by atoms with E-state index < -0.39 is 0 Å². The molecule has 0 fully saturated rings. The molecule has 25 heavy (non-hydrogen) atoms. The average Bonchev–Trinajstić information content (AvgIpc) is 2.59. The summed E-state index contributed by atoms with van der Waals surface area (Å²) in [6.45, 7) is 10.2. The maximum absolute atomic E-state index is 5.56. The number of nitrogens with zero attached hydrogens (tertiary/aromatic N) is 2. The molecule has 0 aromatic carbocycles. The summed E-state index contributed by atoms with van der Waals surface area (Å²) in [6.07, 6.45) is 3.76. The summed E-state index contributed by atoms with van der Waals surface area (Å²) in [5.74, 6) is 2.04. The molecule has 7 heteroatoms. The number of guanidine groups is 1. The van der Waals surface area contributed by atoms with Gasteiger partial charge in [-0.15, -0.1) is 24.0 Å². The van der Waals surface area contributed by atoms with E-state index in [9.17, 15) is 0 Å². The van der Waals surface area contributed by atoms with Crippen LogP contribution in [-0.4, -0.2) is 44.4 Å². The minimum atomic E-state index is 0. The summed E-state index contributed by atoms with van der Waals surface area (Å²) in [5, 5.41) is 6.56. The number of hydrogen-bond donors (Lipinski definition) is 2. The normalized spacial score (nSPS) is 11.2. The van der Waals surface area contributed by atoms with Gasteiger partial charge >= 0.3 is 0 Å². The van der Waals surface area contributed by atoms with Crippen molar-refractivity contribution in [2.24, 2.45) is 10.9 Å². The molecule has 0 aliphatic heterocycles. The lowest BCUT2D eigenvalue weighted by atomic mass is 10.2. The van der Waals surface area contributed by atoms with Crippen molar-refractivity contribution in [2.45, 2.75) is 40.2 Å². The van der Waals surface area contributed by atoms with Gasteiger partial charge in [-0.3, -0.25) is 4.99 Å². The molecule has 0 aliphatic carbocycles. The zero-order chi connectivity index (χ0) is 17.6. The van der Waals surface area contributed by atoms with Crippen LogP contribution in [0.3, 0.4) is 0 Å². The van der Waals surface area contributed by atoms with E-state index >= 15 is 0 Å². The molecule has 0 radical (unpaired) electrons. The topological polar surface area (TPSA) is 67.8 Å². The second-order valence-electron chi connectivity index (χ2n) is 6.03. The molecular weight excluding hydrogens is 431 g/mol. The molecule has 1 aromatic rings. The lowest BCUT2D eigenvalue weighted by Crippen LogP contribution is -2.37. The van der Waals surface area contributed by atoms with Gasteiger partial charge in [0.15, 0.2) is 5.96 Å². The number of rotatable bonds is 11. The van der Waals surface area contributed by atoms with E-state index in [1.165, 1.54) is 0 Å². The van der Waals surface area contributed by atoms with Gasteiger partial charge in [-0.05, 0) is 24.3 Å². The van der Waals surface area contributed by atoms with Crippen molar-refractivity contribution in [3.63, 3.8) is 0 Å². The zero-order valence-electron chi connectivity index (χ0n) is 15.9. The summed E-state index contributed by atoms with van der Waals surface area (Å²) in [6, 6.07) is 3.91. The highest BCUT2D eigenvalue weighted by molar-refractivity contribution is 14.0. The SMILES string of the molecule is CCCOc1ccc(CNC(=NC)NCCCOCC(C)C)cn1.I.